The van der Waals surface area contributed by atoms with Gasteiger partial charge >= 0.3 is 0 Å². The Morgan fingerprint density at radius 2 is 2.31 bits per heavy atom. The van der Waals surface area contributed by atoms with Gasteiger partial charge in [0.2, 0.25) is 5.82 Å². The molecule has 1 aromatic carbocycles. The summed E-state index contributed by atoms with van der Waals surface area (Å²) in [5.74, 6) is 0.586. The van der Waals surface area contributed by atoms with E-state index in [0.29, 0.717) is 12.4 Å². The fraction of sp³-hybridized carbons (Fsp3) is 0.182. The maximum Gasteiger partial charge on any atom is 0.204 e. The first-order valence-electron chi connectivity index (χ1n) is 5.03. The molecule has 0 bridgehead atoms. The molecule has 0 aliphatic rings. The second-order valence-corrected chi connectivity index (χ2v) is 3.46. The van der Waals surface area contributed by atoms with Crippen LogP contribution in [0.2, 0.25) is 0 Å². The molecule has 5 heteroatoms. The zero-order chi connectivity index (χ0) is 11.4. The van der Waals surface area contributed by atoms with Gasteiger partial charge in [0.1, 0.15) is 0 Å². The minimum atomic E-state index is 0.586. The number of nitrogens with one attached hydrogen (secondary N) is 1. The lowest BCUT2D eigenvalue weighted by Gasteiger charge is -2.05. The van der Waals surface area contributed by atoms with Crippen LogP contribution in [0.25, 0.3) is 17.0 Å². The van der Waals surface area contributed by atoms with Crippen molar-refractivity contribution in [1.29, 1.82) is 0 Å². The SMILES string of the molecule is C=C(CCN)c1cccc(-c2nn[nH]n2)c1. The Bertz CT molecular complexity index is 475. The lowest BCUT2D eigenvalue weighted by Crippen LogP contribution is -1.99. The Morgan fingerprint density at radius 1 is 1.44 bits per heavy atom. The van der Waals surface area contributed by atoms with Gasteiger partial charge in [0.25, 0.3) is 0 Å². The summed E-state index contributed by atoms with van der Waals surface area (Å²) in [6, 6.07) is 7.87. The molecule has 1 heterocycles. The van der Waals surface area contributed by atoms with Crippen LogP contribution in [-0.2, 0) is 0 Å². The van der Waals surface area contributed by atoms with Crippen molar-refractivity contribution in [3.8, 4) is 11.4 Å². The van der Waals surface area contributed by atoms with E-state index in [1.165, 1.54) is 0 Å². The van der Waals surface area contributed by atoms with E-state index in [2.05, 4.69) is 27.2 Å². The van der Waals surface area contributed by atoms with E-state index in [1.54, 1.807) is 0 Å². The van der Waals surface area contributed by atoms with Gasteiger partial charge in [0.05, 0.1) is 0 Å². The molecule has 1 aromatic heterocycles. The predicted octanol–water partition coefficient (Wildman–Crippen LogP) is 1.23. The molecular formula is C11H13N5. The Labute approximate surface area is 93.4 Å². The largest absolute Gasteiger partial charge is 0.330 e. The van der Waals surface area contributed by atoms with Crippen molar-refractivity contribution in [2.45, 2.75) is 6.42 Å². The maximum absolute atomic E-state index is 5.50. The highest BCUT2D eigenvalue weighted by Gasteiger charge is 2.04. The first kappa shape index (κ1) is 10.5. The molecule has 0 amide bonds. The highest BCUT2D eigenvalue weighted by molar-refractivity contribution is 5.68. The molecule has 0 aliphatic carbocycles. The number of H-pyrrole nitrogens is 1. The van der Waals surface area contributed by atoms with E-state index in [4.69, 9.17) is 5.73 Å². The van der Waals surface area contributed by atoms with Crippen LogP contribution in [-0.4, -0.2) is 27.2 Å². The first-order valence-corrected chi connectivity index (χ1v) is 5.03. The fourth-order valence-corrected chi connectivity index (χ4v) is 1.48. The number of rotatable bonds is 4. The molecule has 82 valence electrons. The molecule has 0 fully saturated rings. The maximum atomic E-state index is 5.50. The van der Waals surface area contributed by atoms with Gasteiger partial charge in [0, 0.05) is 5.56 Å². The van der Waals surface area contributed by atoms with E-state index in [-0.39, 0.29) is 0 Å². The third-order valence-corrected chi connectivity index (χ3v) is 2.32. The zero-order valence-electron chi connectivity index (χ0n) is 8.85. The van der Waals surface area contributed by atoms with Crippen molar-refractivity contribution >= 4 is 5.57 Å². The minimum Gasteiger partial charge on any atom is -0.330 e. The second kappa shape index (κ2) is 4.67. The molecule has 0 saturated carbocycles. The molecule has 0 radical (unpaired) electrons. The highest BCUT2D eigenvalue weighted by Crippen LogP contribution is 2.21. The second-order valence-electron chi connectivity index (χ2n) is 3.46. The van der Waals surface area contributed by atoms with E-state index in [0.717, 1.165) is 23.1 Å². The number of hydrogen-bond donors (Lipinski definition) is 2. The summed E-state index contributed by atoms with van der Waals surface area (Å²) in [6.07, 6.45) is 0.787. The van der Waals surface area contributed by atoms with Gasteiger partial charge in [-0.2, -0.15) is 5.21 Å². The van der Waals surface area contributed by atoms with Crippen LogP contribution in [0.15, 0.2) is 30.8 Å². The molecule has 0 aliphatic heterocycles. The standard InChI is InChI=1S/C11H13N5/c1-8(5-6-12)9-3-2-4-10(7-9)11-13-15-16-14-11/h2-4,7H,1,5-6,12H2,(H,13,14,15,16). The summed E-state index contributed by atoms with van der Waals surface area (Å²) in [5, 5.41) is 13.8. The van der Waals surface area contributed by atoms with Crippen LogP contribution >= 0.6 is 0 Å². The van der Waals surface area contributed by atoms with Crippen molar-refractivity contribution in [1.82, 2.24) is 20.6 Å². The van der Waals surface area contributed by atoms with Gasteiger partial charge < -0.3 is 5.73 Å². The van der Waals surface area contributed by atoms with E-state index in [1.807, 2.05) is 24.3 Å². The van der Waals surface area contributed by atoms with Gasteiger partial charge in [-0.25, -0.2) is 0 Å². The lowest BCUT2D eigenvalue weighted by molar-refractivity contribution is 0.881. The summed E-state index contributed by atoms with van der Waals surface area (Å²) in [4.78, 5) is 0. The molecule has 2 aromatic rings. The smallest absolute Gasteiger partial charge is 0.204 e. The fourth-order valence-electron chi connectivity index (χ4n) is 1.48. The summed E-state index contributed by atoms with van der Waals surface area (Å²) in [7, 11) is 0. The molecule has 16 heavy (non-hydrogen) atoms. The van der Waals surface area contributed by atoms with Gasteiger partial charge in [-0.3, -0.25) is 0 Å². The summed E-state index contributed by atoms with van der Waals surface area (Å²) in [5.41, 5.74) is 8.50. The lowest BCUT2D eigenvalue weighted by atomic mass is 10.0. The predicted molar refractivity (Wildman–Crippen MR) is 62.3 cm³/mol. The number of nitrogens with two attached hydrogens (primary N) is 1. The molecule has 0 unspecified atom stereocenters. The Hall–Kier alpha value is -2.01. The number of tetrazole rings is 1. The number of nitrogens with zero attached hydrogens (tertiary/aromatic N) is 3. The van der Waals surface area contributed by atoms with E-state index in [9.17, 15) is 0 Å². The average molecular weight is 215 g/mol. The highest BCUT2D eigenvalue weighted by atomic mass is 15.5. The van der Waals surface area contributed by atoms with Crippen molar-refractivity contribution < 1.29 is 0 Å². The number of benzene rings is 1. The van der Waals surface area contributed by atoms with Crippen LogP contribution in [0, 0.1) is 0 Å². The minimum absolute atomic E-state index is 0.586. The van der Waals surface area contributed by atoms with Crippen LogP contribution in [0.3, 0.4) is 0 Å². The molecular weight excluding hydrogens is 202 g/mol. The van der Waals surface area contributed by atoms with Crippen molar-refractivity contribution in [3.05, 3.63) is 36.4 Å². The van der Waals surface area contributed by atoms with Crippen LogP contribution in [0.4, 0.5) is 0 Å². The topological polar surface area (TPSA) is 80.5 Å². The van der Waals surface area contributed by atoms with Crippen LogP contribution < -0.4 is 5.73 Å². The monoisotopic (exact) mass is 215 g/mol. The van der Waals surface area contributed by atoms with Crippen LogP contribution in [0.5, 0.6) is 0 Å². The van der Waals surface area contributed by atoms with Gasteiger partial charge in [-0.1, -0.05) is 24.8 Å². The Kier molecular flexibility index (Phi) is 3.07. The Balaban J connectivity index is 2.30. The van der Waals surface area contributed by atoms with Crippen molar-refractivity contribution in [2.24, 2.45) is 5.73 Å². The third kappa shape index (κ3) is 2.14. The molecule has 0 spiro atoms. The molecule has 3 N–H and O–H groups in total. The van der Waals surface area contributed by atoms with Crippen molar-refractivity contribution in [2.75, 3.05) is 6.54 Å². The summed E-state index contributed by atoms with van der Waals surface area (Å²) in [6.45, 7) is 4.60. The zero-order valence-corrected chi connectivity index (χ0v) is 8.85. The van der Waals surface area contributed by atoms with Gasteiger partial charge in [0.15, 0.2) is 0 Å². The number of aromatic amines is 1. The number of aromatic nitrogens is 4. The summed E-state index contributed by atoms with van der Waals surface area (Å²) >= 11 is 0. The normalized spacial score (nSPS) is 10.3. The van der Waals surface area contributed by atoms with Crippen molar-refractivity contribution in [3.63, 3.8) is 0 Å². The molecule has 5 nitrogen and oxygen atoms in total. The molecule has 0 atom stereocenters. The Morgan fingerprint density at radius 3 is 3.00 bits per heavy atom. The van der Waals surface area contributed by atoms with E-state index < -0.39 is 0 Å². The van der Waals surface area contributed by atoms with Gasteiger partial charge in [-0.05, 0) is 35.4 Å². The third-order valence-electron chi connectivity index (χ3n) is 2.32. The quantitative estimate of drug-likeness (QED) is 0.803. The average Bonchev–Trinajstić information content (AvgIpc) is 2.83. The van der Waals surface area contributed by atoms with E-state index >= 15 is 0 Å². The molecule has 0 saturated heterocycles. The van der Waals surface area contributed by atoms with Crippen LogP contribution in [0.1, 0.15) is 12.0 Å². The number of hydrogen-bond acceptors (Lipinski definition) is 4. The van der Waals surface area contributed by atoms with Gasteiger partial charge in [-0.15, -0.1) is 10.2 Å². The molecule has 2 rings (SSSR count). The first-order chi connectivity index (χ1) is 7.81. The summed E-state index contributed by atoms with van der Waals surface area (Å²) < 4.78 is 0.